The number of nitrogens with zero attached hydrogens (tertiary/aromatic N) is 1. The molecule has 1 aromatic carbocycles. The molecule has 1 aliphatic rings. The van der Waals surface area contributed by atoms with E-state index in [1.165, 1.54) is 12.1 Å². The van der Waals surface area contributed by atoms with Crippen molar-refractivity contribution in [3.05, 3.63) is 35.4 Å². The fraction of sp³-hybridized carbons (Fsp3) is 0.500. The number of hydrogen-bond acceptors (Lipinski definition) is 3. The lowest BCUT2D eigenvalue weighted by molar-refractivity contribution is -0.253. The molecule has 0 aliphatic heterocycles. The second-order valence-corrected chi connectivity index (χ2v) is 4.75. The van der Waals surface area contributed by atoms with Crippen LogP contribution >= 0.6 is 0 Å². The zero-order chi connectivity index (χ0) is 14.8. The van der Waals surface area contributed by atoms with Crippen LogP contribution in [-0.2, 0) is 11.3 Å². The molecule has 0 aromatic heterocycles. The van der Waals surface area contributed by atoms with Gasteiger partial charge >= 0.3 is 12.3 Å². The Bertz CT molecular complexity index is 484. The molecule has 1 fully saturated rings. The molecule has 0 bridgehead atoms. The van der Waals surface area contributed by atoms with Gasteiger partial charge in [0.15, 0.2) is 0 Å². The van der Waals surface area contributed by atoms with Crippen molar-refractivity contribution in [1.29, 1.82) is 0 Å². The van der Waals surface area contributed by atoms with Gasteiger partial charge < -0.3 is 4.74 Å². The zero-order valence-corrected chi connectivity index (χ0v) is 11.1. The van der Waals surface area contributed by atoms with Crippen LogP contribution in [0.25, 0.3) is 0 Å². The van der Waals surface area contributed by atoms with E-state index >= 15 is 0 Å². The number of ether oxygens (including phenoxy) is 1. The van der Waals surface area contributed by atoms with Crippen molar-refractivity contribution < 1.29 is 22.7 Å². The summed E-state index contributed by atoms with van der Waals surface area (Å²) in [6.07, 6.45) is -3.21. The summed E-state index contributed by atoms with van der Waals surface area (Å²) in [5.41, 5.74) is 0.738. The number of rotatable bonds is 5. The summed E-state index contributed by atoms with van der Waals surface area (Å²) in [7, 11) is 0. The van der Waals surface area contributed by atoms with Gasteiger partial charge in [-0.05, 0) is 37.5 Å². The molecule has 3 nitrogen and oxygen atoms in total. The lowest BCUT2D eigenvalue weighted by Crippen LogP contribution is -2.39. The van der Waals surface area contributed by atoms with E-state index in [1.54, 1.807) is 19.1 Å². The quantitative estimate of drug-likeness (QED) is 0.614. The number of alkyl halides is 3. The van der Waals surface area contributed by atoms with Crippen molar-refractivity contribution in [3.8, 4) is 0 Å². The molecular formula is C14H16F3NO2. The first-order valence-electron chi connectivity index (χ1n) is 6.51. The van der Waals surface area contributed by atoms with E-state index in [0.29, 0.717) is 23.3 Å². The number of carbonyl (C=O) groups excluding carboxylic acids is 1. The molecule has 0 heterocycles. The van der Waals surface area contributed by atoms with Crippen LogP contribution in [0.15, 0.2) is 24.3 Å². The van der Waals surface area contributed by atoms with Crippen molar-refractivity contribution >= 4 is 5.97 Å². The van der Waals surface area contributed by atoms with Crippen LogP contribution in [0, 0.1) is 0 Å². The molecule has 0 atom stereocenters. The third-order valence-electron chi connectivity index (χ3n) is 3.10. The standard InChI is InChI=1S/C14H16F3NO2/c1-2-20-13(19)11-5-3-4-10(8-11)9-18(12-6-7-12)14(15,16)17/h3-5,8,12H,2,6-7,9H2,1H3. The predicted molar refractivity (Wildman–Crippen MR) is 67.0 cm³/mol. The van der Waals surface area contributed by atoms with Gasteiger partial charge in [0.05, 0.1) is 12.2 Å². The van der Waals surface area contributed by atoms with Gasteiger partial charge in [0, 0.05) is 12.6 Å². The zero-order valence-electron chi connectivity index (χ0n) is 11.1. The van der Waals surface area contributed by atoms with E-state index in [-0.39, 0.29) is 18.7 Å². The molecule has 0 spiro atoms. The average molecular weight is 287 g/mol. The lowest BCUT2D eigenvalue weighted by atomic mass is 10.1. The average Bonchev–Trinajstić information content (AvgIpc) is 3.19. The molecule has 110 valence electrons. The summed E-state index contributed by atoms with van der Waals surface area (Å²) in [5, 5.41) is 0. The first-order chi connectivity index (χ1) is 9.41. The van der Waals surface area contributed by atoms with Crippen LogP contribution in [0.2, 0.25) is 0 Å². The van der Waals surface area contributed by atoms with Crippen LogP contribution in [0.5, 0.6) is 0 Å². The van der Waals surface area contributed by atoms with E-state index in [4.69, 9.17) is 4.74 Å². The third-order valence-corrected chi connectivity index (χ3v) is 3.10. The van der Waals surface area contributed by atoms with E-state index in [0.717, 1.165) is 0 Å². The first kappa shape index (κ1) is 14.8. The molecule has 0 saturated heterocycles. The lowest BCUT2D eigenvalue weighted by Gasteiger charge is -2.24. The predicted octanol–water partition coefficient (Wildman–Crippen LogP) is 3.35. The molecule has 1 aromatic rings. The highest BCUT2D eigenvalue weighted by Crippen LogP contribution is 2.36. The number of benzene rings is 1. The number of carbonyl (C=O) groups is 1. The largest absolute Gasteiger partial charge is 0.462 e. The number of esters is 1. The van der Waals surface area contributed by atoms with Gasteiger partial charge in [-0.25, -0.2) is 9.69 Å². The first-order valence-corrected chi connectivity index (χ1v) is 6.51. The van der Waals surface area contributed by atoms with E-state index in [1.807, 2.05) is 0 Å². The van der Waals surface area contributed by atoms with E-state index in [9.17, 15) is 18.0 Å². The van der Waals surface area contributed by atoms with Gasteiger partial charge in [-0.2, -0.15) is 13.2 Å². The molecule has 6 heteroatoms. The van der Waals surface area contributed by atoms with Gasteiger partial charge in [-0.15, -0.1) is 0 Å². The molecule has 2 rings (SSSR count). The van der Waals surface area contributed by atoms with Crippen molar-refractivity contribution in [1.82, 2.24) is 4.90 Å². The Morgan fingerprint density at radius 1 is 1.40 bits per heavy atom. The molecular weight excluding hydrogens is 271 g/mol. The smallest absolute Gasteiger partial charge is 0.460 e. The van der Waals surface area contributed by atoms with E-state index < -0.39 is 18.3 Å². The summed E-state index contributed by atoms with van der Waals surface area (Å²) in [6, 6.07) is 5.73. The highest BCUT2D eigenvalue weighted by molar-refractivity contribution is 5.89. The summed E-state index contributed by atoms with van der Waals surface area (Å²) >= 11 is 0. The van der Waals surface area contributed by atoms with Gasteiger partial charge in [0.25, 0.3) is 0 Å². The van der Waals surface area contributed by atoms with Gasteiger partial charge in [-0.1, -0.05) is 12.1 Å². The summed E-state index contributed by atoms with van der Waals surface area (Å²) in [4.78, 5) is 12.1. The van der Waals surface area contributed by atoms with Crippen LogP contribution in [0.4, 0.5) is 13.2 Å². The van der Waals surface area contributed by atoms with Crippen molar-refractivity contribution in [2.75, 3.05) is 6.61 Å². The van der Waals surface area contributed by atoms with Crippen LogP contribution in [0.3, 0.4) is 0 Å². The molecule has 0 unspecified atom stereocenters. The minimum Gasteiger partial charge on any atom is -0.462 e. The van der Waals surface area contributed by atoms with Crippen LogP contribution in [0.1, 0.15) is 35.7 Å². The molecule has 0 radical (unpaired) electrons. The Morgan fingerprint density at radius 2 is 2.10 bits per heavy atom. The third kappa shape index (κ3) is 3.72. The van der Waals surface area contributed by atoms with E-state index in [2.05, 4.69) is 0 Å². The van der Waals surface area contributed by atoms with Gasteiger partial charge in [0.2, 0.25) is 0 Å². The fourth-order valence-electron chi connectivity index (χ4n) is 2.02. The minimum atomic E-state index is -4.35. The highest BCUT2D eigenvalue weighted by Gasteiger charge is 2.45. The monoisotopic (exact) mass is 287 g/mol. The normalized spacial score (nSPS) is 15.4. The maximum absolute atomic E-state index is 12.9. The topological polar surface area (TPSA) is 29.5 Å². The van der Waals surface area contributed by atoms with Gasteiger partial charge in [-0.3, -0.25) is 0 Å². The summed E-state index contributed by atoms with van der Waals surface area (Å²) in [6.45, 7) is 1.68. The highest BCUT2D eigenvalue weighted by atomic mass is 19.4. The summed E-state index contributed by atoms with van der Waals surface area (Å²) < 4.78 is 43.6. The number of hydrogen-bond donors (Lipinski definition) is 0. The van der Waals surface area contributed by atoms with Crippen LogP contribution in [-0.4, -0.2) is 29.8 Å². The maximum Gasteiger partial charge on any atom is 0.460 e. The molecule has 0 N–H and O–H groups in total. The van der Waals surface area contributed by atoms with Crippen molar-refractivity contribution in [3.63, 3.8) is 0 Å². The van der Waals surface area contributed by atoms with Crippen molar-refractivity contribution in [2.24, 2.45) is 0 Å². The molecule has 1 aliphatic carbocycles. The Morgan fingerprint density at radius 3 is 2.65 bits per heavy atom. The molecule has 0 amide bonds. The van der Waals surface area contributed by atoms with Gasteiger partial charge in [0.1, 0.15) is 0 Å². The van der Waals surface area contributed by atoms with Crippen molar-refractivity contribution in [2.45, 2.75) is 38.7 Å². The second kappa shape index (κ2) is 5.83. The fourth-order valence-corrected chi connectivity index (χ4v) is 2.02. The second-order valence-electron chi connectivity index (χ2n) is 4.75. The maximum atomic E-state index is 12.9. The molecule has 20 heavy (non-hydrogen) atoms. The summed E-state index contributed by atoms with van der Waals surface area (Å²) in [5.74, 6) is -0.515. The SMILES string of the molecule is CCOC(=O)c1cccc(CN(C2CC2)C(F)(F)F)c1. The van der Waals surface area contributed by atoms with Crippen LogP contribution < -0.4 is 0 Å². The Kier molecular flexibility index (Phi) is 4.32. The Labute approximate surface area is 115 Å². The minimum absolute atomic E-state index is 0.235. The Balaban J connectivity index is 2.12. The molecule has 1 saturated carbocycles. The Hall–Kier alpha value is -1.56. The number of halogens is 3.